The van der Waals surface area contributed by atoms with Gasteiger partial charge >= 0.3 is 7.60 Å². The molecule has 0 radical (unpaired) electrons. The van der Waals surface area contributed by atoms with Crippen LogP contribution in [0.4, 0.5) is 5.69 Å². The van der Waals surface area contributed by atoms with Gasteiger partial charge in [-0.15, -0.1) is 0 Å². The van der Waals surface area contributed by atoms with Gasteiger partial charge in [-0.3, -0.25) is 4.98 Å². The second kappa shape index (κ2) is 7.90. The summed E-state index contributed by atoms with van der Waals surface area (Å²) in [5, 5.41) is 2.80. The number of methoxy groups -OCH3 is 3. The molecule has 1 unspecified atom stereocenters. The van der Waals surface area contributed by atoms with Crippen LogP contribution in [-0.4, -0.2) is 37.5 Å². The van der Waals surface area contributed by atoms with Crippen LogP contribution in [-0.2, 0) is 4.57 Å². The Morgan fingerprint density at radius 2 is 1.83 bits per heavy atom. The summed E-state index contributed by atoms with van der Waals surface area (Å²) in [6.07, 6.45) is 2.87. The Hall–Kier alpha value is -2.44. The van der Waals surface area contributed by atoms with E-state index in [0.717, 1.165) is 0 Å². The fraction of sp³-hybridized carbons (Fsp3) is 0.267. The molecule has 1 heterocycles. The van der Waals surface area contributed by atoms with Gasteiger partial charge in [-0.1, -0.05) is 0 Å². The molecule has 0 aliphatic carbocycles. The van der Waals surface area contributed by atoms with Crippen molar-refractivity contribution in [3.05, 3.63) is 36.7 Å². The molecule has 130 valence electrons. The van der Waals surface area contributed by atoms with Gasteiger partial charge in [0, 0.05) is 24.5 Å². The average Bonchev–Trinajstić information content (AvgIpc) is 2.59. The largest absolute Gasteiger partial charge is 0.493 e. The van der Waals surface area contributed by atoms with Crippen molar-refractivity contribution in [1.82, 2.24) is 4.98 Å². The van der Waals surface area contributed by atoms with Gasteiger partial charge in [0.25, 0.3) is 0 Å². The van der Waals surface area contributed by atoms with E-state index in [9.17, 15) is 9.46 Å². The van der Waals surface area contributed by atoms with Crippen molar-refractivity contribution < 1.29 is 28.2 Å². The van der Waals surface area contributed by atoms with Gasteiger partial charge in [0.1, 0.15) is 12.0 Å². The summed E-state index contributed by atoms with van der Waals surface area (Å²) in [7, 11) is 0.409. The second-order valence-electron chi connectivity index (χ2n) is 4.67. The first-order valence-electron chi connectivity index (χ1n) is 6.94. The Labute approximate surface area is 139 Å². The third-order valence-electron chi connectivity index (χ3n) is 3.03. The van der Waals surface area contributed by atoms with Crippen LogP contribution in [0.5, 0.6) is 23.0 Å². The maximum atomic E-state index is 12.2. The highest BCUT2D eigenvalue weighted by Crippen LogP contribution is 2.47. The van der Waals surface area contributed by atoms with E-state index in [2.05, 4.69) is 10.3 Å². The maximum absolute atomic E-state index is 12.2. The number of anilines is 1. The Bertz CT molecular complexity index is 700. The second-order valence-corrected chi connectivity index (χ2v) is 6.44. The van der Waals surface area contributed by atoms with E-state index in [1.165, 1.54) is 33.5 Å². The van der Waals surface area contributed by atoms with Crippen LogP contribution in [0.1, 0.15) is 0 Å². The summed E-state index contributed by atoms with van der Waals surface area (Å²) < 4.78 is 33.0. The minimum atomic E-state index is -3.95. The molecule has 0 aliphatic rings. The molecule has 0 saturated carbocycles. The van der Waals surface area contributed by atoms with Crippen molar-refractivity contribution in [3.63, 3.8) is 0 Å². The molecule has 1 aromatic carbocycles. The first-order chi connectivity index (χ1) is 11.5. The van der Waals surface area contributed by atoms with Crippen LogP contribution in [0.15, 0.2) is 36.7 Å². The Morgan fingerprint density at radius 1 is 1.17 bits per heavy atom. The summed E-state index contributed by atoms with van der Waals surface area (Å²) in [5.74, 6) is 1.15. The number of nitrogens with one attached hydrogen (secondary N) is 1. The number of nitrogens with zero attached hydrogens (tertiary/aromatic N) is 1. The lowest BCUT2D eigenvalue weighted by Crippen LogP contribution is -2.07. The van der Waals surface area contributed by atoms with E-state index in [0.29, 0.717) is 22.9 Å². The standard InChI is InChI=1S/C15H19N2O6P/c1-20-13-7-12(8-14(21-2)15(13)22-3)23-24(18,19)10-17-11-5-4-6-16-9-11/h4-9,17H,10H2,1-3H3,(H,18,19). The van der Waals surface area contributed by atoms with Gasteiger partial charge in [-0.25, -0.2) is 4.57 Å². The summed E-state index contributed by atoms with van der Waals surface area (Å²) >= 11 is 0. The molecule has 1 aromatic heterocycles. The highest BCUT2D eigenvalue weighted by atomic mass is 31.2. The summed E-state index contributed by atoms with van der Waals surface area (Å²) in [4.78, 5) is 13.9. The lowest BCUT2D eigenvalue weighted by atomic mass is 10.2. The van der Waals surface area contributed by atoms with Gasteiger partial charge in [0.05, 0.1) is 27.0 Å². The topological polar surface area (TPSA) is 99.1 Å². The van der Waals surface area contributed by atoms with Crippen molar-refractivity contribution in [2.75, 3.05) is 32.9 Å². The fourth-order valence-corrected chi connectivity index (χ4v) is 2.85. The molecule has 0 aliphatic heterocycles. The summed E-state index contributed by atoms with van der Waals surface area (Å²) in [5.41, 5.74) is 0.611. The molecule has 0 amide bonds. The maximum Gasteiger partial charge on any atom is 0.395 e. The van der Waals surface area contributed by atoms with Crippen LogP contribution < -0.4 is 24.1 Å². The van der Waals surface area contributed by atoms with E-state index in [4.69, 9.17) is 18.7 Å². The van der Waals surface area contributed by atoms with E-state index in [-0.39, 0.29) is 12.0 Å². The van der Waals surface area contributed by atoms with Crippen LogP contribution >= 0.6 is 7.60 Å². The molecule has 24 heavy (non-hydrogen) atoms. The van der Waals surface area contributed by atoms with E-state index in [1.54, 1.807) is 24.5 Å². The smallest absolute Gasteiger partial charge is 0.395 e. The summed E-state index contributed by atoms with van der Waals surface area (Å²) in [6, 6.07) is 6.35. The Kier molecular flexibility index (Phi) is 5.89. The van der Waals surface area contributed by atoms with Gasteiger partial charge in [-0.2, -0.15) is 0 Å². The van der Waals surface area contributed by atoms with E-state index >= 15 is 0 Å². The predicted octanol–water partition coefficient (Wildman–Crippen LogP) is 2.74. The lowest BCUT2D eigenvalue weighted by molar-refractivity contribution is 0.320. The molecule has 9 heteroatoms. The average molecular weight is 354 g/mol. The number of rotatable bonds is 8. The zero-order valence-corrected chi connectivity index (χ0v) is 14.4. The molecule has 0 saturated heterocycles. The van der Waals surface area contributed by atoms with Crippen molar-refractivity contribution in [2.45, 2.75) is 0 Å². The molecule has 0 fully saturated rings. The first kappa shape index (κ1) is 17.9. The van der Waals surface area contributed by atoms with E-state index in [1.807, 2.05) is 0 Å². The molecular formula is C15H19N2O6P. The molecule has 0 spiro atoms. The van der Waals surface area contributed by atoms with Gasteiger partial charge < -0.3 is 28.9 Å². The lowest BCUT2D eigenvalue weighted by Gasteiger charge is -2.17. The zero-order valence-electron chi connectivity index (χ0n) is 13.6. The monoisotopic (exact) mass is 354 g/mol. The molecule has 0 bridgehead atoms. The molecule has 1 atom stereocenters. The minimum Gasteiger partial charge on any atom is -0.493 e. The van der Waals surface area contributed by atoms with Crippen molar-refractivity contribution >= 4 is 13.3 Å². The molecule has 2 N–H and O–H groups in total. The number of benzene rings is 1. The molecule has 2 rings (SSSR count). The third-order valence-corrected chi connectivity index (χ3v) is 4.08. The van der Waals surface area contributed by atoms with Crippen molar-refractivity contribution in [1.29, 1.82) is 0 Å². The summed E-state index contributed by atoms with van der Waals surface area (Å²) in [6.45, 7) is 0. The highest BCUT2D eigenvalue weighted by Gasteiger charge is 2.23. The number of pyridine rings is 1. The van der Waals surface area contributed by atoms with Gasteiger partial charge in [0.15, 0.2) is 11.5 Å². The Morgan fingerprint density at radius 3 is 2.33 bits per heavy atom. The number of hydrogen-bond donors (Lipinski definition) is 2. The fourth-order valence-electron chi connectivity index (χ4n) is 1.97. The number of aromatic nitrogens is 1. The van der Waals surface area contributed by atoms with Crippen molar-refractivity contribution in [3.8, 4) is 23.0 Å². The predicted molar refractivity (Wildman–Crippen MR) is 89.3 cm³/mol. The zero-order chi connectivity index (χ0) is 17.6. The minimum absolute atomic E-state index is 0.128. The Balaban J connectivity index is 2.15. The molecular weight excluding hydrogens is 335 g/mol. The first-order valence-corrected chi connectivity index (χ1v) is 8.70. The normalized spacial score (nSPS) is 12.8. The third kappa shape index (κ3) is 4.53. The van der Waals surface area contributed by atoms with Crippen LogP contribution in [0, 0.1) is 0 Å². The van der Waals surface area contributed by atoms with Crippen molar-refractivity contribution in [2.24, 2.45) is 0 Å². The number of ether oxygens (including phenoxy) is 3. The quantitative estimate of drug-likeness (QED) is 0.698. The SMILES string of the molecule is COc1cc(OP(=O)(O)CNc2cccnc2)cc(OC)c1OC. The van der Waals surface area contributed by atoms with Gasteiger partial charge in [-0.05, 0) is 12.1 Å². The molecule has 8 nitrogen and oxygen atoms in total. The van der Waals surface area contributed by atoms with Gasteiger partial charge in [0.2, 0.25) is 5.75 Å². The number of hydrogen-bond acceptors (Lipinski definition) is 7. The molecule has 2 aromatic rings. The highest BCUT2D eigenvalue weighted by molar-refractivity contribution is 7.53. The van der Waals surface area contributed by atoms with Crippen LogP contribution in [0.3, 0.4) is 0 Å². The van der Waals surface area contributed by atoms with Crippen LogP contribution in [0.2, 0.25) is 0 Å². The van der Waals surface area contributed by atoms with Crippen LogP contribution in [0.25, 0.3) is 0 Å². The van der Waals surface area contributed by atoms with E-state index < -0.39 is 7.60 Å².